The number of benzene rings is 3. The van der Waals surface area contributed by atoms with E-state index in [2.05, 4.69) is 39.8 Å². The van der Waals surface area contributed by atoms with Gasteiger partial charge in [0.25, 0.3) is 0 Å². The molecule has 1 aliphatic heterocycles. The number of aliphatic carboxylic acids is 1. The summed E-state index contributed by atoms with van der Waals surface area (Å²) in [5.41, 5.74) is 4.86. The summed E-state index contributed by atoms with van der Waals surface area (Å²) >= 11 is 0. The van der Waals surface area contributed by atoms with Gasteiger partial charge in [0.05, 0.1) is 7.11 Å². The molecule has 1 aromatic heterocycles. The molecule has 1 aliphatic rings. The summed E-state index contributed by atoms with van der Waals surface area (Å²) in [6.07, 6.45) is 2.56. The van der Waals surface area contributed by atoms with Crippen LogP contribution in [0.15, 0.2) is 72.8 Å². The summed E-state index contributed by atoms with van der Waals surface area (Å²) in [7, 11) is 1.53. The van der Waals surface area contributed by atoms with E-state index in [1.54, 1.807) is 13.0 Å². The van der Waals surface area contributed by atoms with Crippen LogP contribution in [0.3, 0.4) is 0 Å². The van der Waals surface area contributed by atoms with Crippen molar-refractivity contribution < 1.29 is 34.0 Å². The highest BCUT2D eigenvalue weighted by Crippen LogP contribution is 2.31. The van der Waals surface area contributed by atoms with Crippen molar-refractivity contribution in [2.75, 3.05) is 40.0 Å². The molecular formula is C33H38N2O7. The number of ether oxygens (including phenoxy) is 3. The van der Waals surface area contributed by atoms with Crippen LogP contribution in [0.5, 0.6) is 11.5 Å². The molecule has 0 aliphatic carbocycles. The minimum atomic E-state index is -1.63. The SMILES string of the molecule is CCO.COc1cc(Cn2c(-c3ccc(OCCN4CCCC4)cc3)cc3ccccc32)ccc1COC(=O)C(=O)O. The zero-order valence-corrected chi connectivity index (χ0v) is 24.1. The van der Waals surface area contributed by atoms with Crippen molar-refractivity contribution >= 4 is 22.8 Å². The molecule has 0 saturated carbocycles. The number of para-hydroxylation sites is 1. The fourth-order valence-electron chi connectivity index (χ4n) is 5.03. The number of hydrogen-bond donors (Lipinski definition) is 2. The van der Waals surface area contributed by atoms with Gasteiger partial charge >= 0.3 is 11.9 Å². The second-order valence-corrected chi connectivity index (χ2v) is 9.94. The smallest absolute Gasteiger partial charge is 0.417 e. The van der Waals surface area contributed by atoms with Crippen LogP contribution in [0.2, 0.25) is 0 Å². The number of methoxy groups -OCH3 is 1. The Morgan fingerprint density at radius 1 is 0.952 bits per heavy atom. The summed E-state index contributed by atoms with van der Waals surface area (Å²) in [5.74, 6) is -1.53. The van der Waals surface area contributed by atoms with Gasteiger partial charge in [-0.3, -0.25) is 4.90 Å². The van der Waals surface area contributed by atoms with E-state index in [0.29, 0.717) is 24.5 Å². The van der Waals surface area contributed by atoms with Gasteiger partial charge in [0.15, 0.2) is 0 Å². The normalized spacial score (nSPS) is 12.9. The van der Waals surface area contributed by atoms with Gasteiger partial charge in [-0.1, -0.05) is 30.3 Å². The number of aliphatic hydroxyl groups is 1. The van der Waals surface area contributed by atoms with Crippen molar-refractivity contribution in [1.29, 1.82) is 0 Å². The Morgan fingerprint density at radius 3 is 2.36 bits per heavy atom. The highest BCUT2D eigenvalue weighted by atomic mass is 16.6. The van der Waals surface area contributed by atoms with Crippen LogP contribution in [-0.2, 0) is 27.5 Å². The number of esters is 1. The number of carboxylic acid groups (broad SMARTS) is 1. The quantitative estimate of drug-likeness (QED) is 0.202. The van der Waals surface area contributed by atoms with Gasteiger partial charge in [-0.05, 0) is 86.4 Å². The summed E-state index contributed by atoms with van der Waals surface area (Å²) < 4.78 is 18.6. The monoisotopic (exact) mass is 574 g/mol. The number of fused-ring (bicyclic) bond motifs is 1. The third-order valence-corrected chi connectivity index (χ3v) is 7.06. The molecule has 5 rings (SSSR count). The summed E-state index contributed by atoms with van der Waals surface area (Å²) in [6, 6.07) is 24.3. The maximum Gasteiger partial charge on any atom is 0.417 e. The standard InChI is InChI=1S/C31H32N2O6.C2H6O/c1-37-29-18-22(8-9-25(29)21-39-31(36)30(34)35)20-33-27-7-3-2-6-24(27)19-28(33)23-10-12-26(13-11-23)38-17-16-32-14-4-5-15-32;1-2-3/h2-3,6-13,18-19H,4-5,14-17,20-21H2,1H3,(H,34,35);3H,2H2,1H3. The second kappa shape index (κ2) is 15.0. The molecule has 3 aromatic carbocycles. The van der Waals surface area contributed by atoms with E-state index in [1.807, 2.05) is 36.4 Å². The third kappa shape index (κ3) is 7.90. The minimum absolute atomic E-state index is 0.182. The van der Waals surface area contributed by atoms with Crippen molar-refractivity contribution in [3.05, 3.63) is 83.9 Å². The molecule has 222 valence electrons. The summed E-state index contributed by atoms with van der Waals surface area (Å²) in [6.45, 7) is 6.31. The van der Waals surface area contributed by atoms with E-state index in [4.69, 9.17) is 24.4 Å². The first-order valence-corrected chi connectivity index (χ1v) is 14.1. The van der Waals surface area contributed by atoms with Crippen LogP contribution >= 0.6 is 0 Å². The largest absolute Gasteiger partial charge is 0.496 e. The molecule has 2 heterocycles. The Bertz CT molecular complexity index is 1470. The molecule has 2 N–H and O–H groups in total. The molecule has 0 radical (unpaired) electrons. The van der Waals surface area contributed by atoms with Crippen LogP contribution in [0.4, 0.5) is 0 Å². The van der Waals surface area contributed by atoms with Crippen molar-refractivity contribution in [2.24, 2.45) is 0 Å². The van der Waals surface area contributed by atoms with Gasteiger partial charge in [0.2, 0.25) is 0 Å². The Hall–Kier alpha value is -4.34. The van der Waals surface area contributed by atoms with Crippen LogP contribution in [-0.4, -0.2) is 71.6 Å². The zero-order chi connectivity index (χ0) is 29.9. The van der Waals surface area contributed by atoms with Crippen LogP contribution in [0, 0.1) is 0 Å². The lowest BCUT2D eigenvalue weighted by molar-refractivity contribution is -0.164. The predicted octanol–water partition coefficient (Wildman–Crippen LogP) is 4.97. The van der Waals surface area contributed by atoms with E-state index >= 15 is 0 Å². The average Bonchev–Trinajstić information content (AvgIpc) is 3.65. The molecule has 9 heteroatoms. The van der Waals surface area contributed by atoms with E-state index in [9.17, 15) is 9.59 Å². The van der Waals surface area contributed by atoms with Gasteiger partial charge in [-0.25, -0.2) is 9.59 Å². The predicted molar refractivity (Wildman–Crippen MR) is 161 cm³/mol. The molecule has 0 spiro atoms. The average molecular weight is 575 g/mol. The van der Waals surface area contributed by atoms with Crippen molar-refractivity contribution in [3.63, 3.8) is 0 Å². The van der Waals surface area contributed by atoms with Crippen molar-refractivity contribution in [1.82, 2.24) is 9.47 Å². The fraction of sp³-hybridized carbons (Fsp3) is 0.333. The number of nitrogens with zero attached hydrogens (tertiary/aromatic N) is 2. The van der Waals surface area contributed by atoms with Gasteiger partial charge in [0.1, 0.15) is 24.7 Å². The molecule has 1 fully saturated rings. The number of carbonyl (C=O) groups excluding carboxylic acids is 1. The molecular weight excluding hydrogens is 536 g/mol. The molecule has 0 atom stereocenters. The highest BCUT2D eigenvalue weighted by Gasteiger charge is 2.16. The van der Waals surface area contributed by atoms with E-state index < -0.39 is 11.9 Å². The van der Waals surface area contributed by atoms with E-state index in [0.717, 1.165) is 40.0 Å². The Balaban J connectivity index is 0.00000129. The molecule has 0 unspecified atom stereocenters. The lowest BCUT2D eigenvalue weighted by atomic mass is 10.1. The molecule has 42 heavy (non-hydrogen) atoms. The van der Waals surface area contributed by atoms with Gasteiger partial charge in [-0.15, -0.1) is 0 Å². The lowest BCUT2D eigenvalue weighted by Crippen LogP contribution is -2.25. The maximum absolute atomic E-state index is 11.3. The van der Waals surface area contributed by atoms with Crippen molar-refractivity contribution in [2.45, 2.75) is 32.9 Å². The fourth-order valence-corrected chi connectivity index (χ4v) is 5.03. The molecule has 0 amide bonds. The minimum Gasteiger partial charge on any atom is -0.496 e. The Labute approximate surface area is 245 Å². The number of aliphatic hydroxyl groups excluding tert-OH is 1. The van der Waals surface area contributed by atoms with Gasteiger partial charge in [0, 0.05) is 41.9 Å². The molecule has 0 bridgehead atoms. The van der Waals surface area contributed by atoms with Crippen LogP contribution in [0.25, 0.3) is 22.2 Å². The Morgan fingerprint density at radius 2 is 1.67 bits per heavy atom. The first-order chi connectivity index (χ1) is 20.4. The number of aromatic nitrogens is 1. The summed E-state index contributed by atoms with van der Waals surface area (Å²) in [5, 5.41) is 17.5. The Kier molecular flexibility index (Phi) is 11.0. The third-order valence-electron chi connectivity index (χ3n) is 7.06. The number of carbonyl (C=O) groups is 2. The van der Waals surface area contributed by atoms with Crippen LogP contribution < -0.4 is 9.47 Å². The van der Waals surface area contributed by atoms with Gasteiger partial charge < -0.3 is 29.0 Å². The number of rotatable bonds is 10. The highest BCUT2D eigenvalue weighted by molar-refractivity contribution is 6.28. The zero-order valence-electron chi connectivity index (χ0n) is 24.1. The van der Waals surface area contributed by atoms with Gasteiger partial charge in [-0.2, -0.15) is 0 Å². The summed E-state index contributed by atoms with van der Waals surface area (Å²) in [4.78, 5) is 24.5. The van der Waals surface area contributed by atoms with E-state index in [-0.39, 0.29) is 13.2 Å². The lowest BCUT2D eigenvalue weighted by Gasteiger charge is -2.16. The second-order valence-electron chi connectivity index (χ2n) is 9.94. The first-order valence-electron chi connectivity index (χ1n) is 14.1. The number of carboxylic acids is 1. The molecule has 4 aromatic rings. The van der Waals surface area contributed by atoms with Crippen molar-refractivity contribution in [3.8, 4) is 22.8 Å². The maximum atomic E-state index is 11.3. The molecule has 1 saturated heterocycles. The topological polar surface area (TPSA) is 110 Å². The van der Waals surface area contributed by atoms with E-state index in [1.165, 1.54) is 33.0 Å². The number of hydrogen-bond acceptors (Lipinski definition) is 7. The first kappa shape index (κ1) is 30.6. The van der Waals surface area contributed by atoms with Crippen LogP contribution in [0.1, 0.15) is 30.9 Å². The molecule has 9 nitrogen and oxygen atoms in total. The number of likely N-dealkylation sites (tertiary alicyclic amines) is 1.